The topological polar surface area (TPSA) is 3.24 Å². The predicted molar refractivity (Wildman–Crippen MR) is 61.6 cm³/mol. The summed E-state index contributed by atoms with van der Waals surface area (Å²) in [5, 5.41) is 2.16. The highest BCUT2D eigenvalue weighted by Crippen LogP contribution is 2.36. The van der Waals surface area contributed by atoms with E-state index < -0.39 is 0 Å². The van der Waals surface area contributed by atoms with E-state index >= 15 is 0 Å². The van der Waals surface area contributed by atoms with Crippen molar-refractivity contribution in [2.75, 3.05) is 19.6 Å². The summed E-state index contributed by atoms with van der Waals surface area (Å²) < 4.78 is 0. The van der Waals surface area contributed by atoms with E-state index in [9.17, 15) is 0 Å². The van der Waals surface area contributed by atoms with Crippen molar-refractivity contribution in [2.45, 2.75) is 18.8 Å². The Hall–Kier alpha value is -0.780. The Morgan fingerprint density at radius 1 is 1.71 bits per heavy atom. The number of thiophene rings is 1. The predicted octanol–water partition coefficient (Wildman–Crippen LogP) is 2.34. The van der Waals surface area contributed by atoms with Gasteiger partial charge in [0, 0.05) is 23.4 Å². The summed E-state index contributed by atoms with van der Waals surface area (Å²) >= 11 is 1.86. The number of hydrogen-bond donors (Lipinski definition) is 0. The zero-order valence-electron chi connectivity index (χ0n) is 8.49. The Morgan fingerprint density at radius 2 is 2.57 bits per heavy atom. The van der Waals surface area contributed by atoms with E-state index in [1.165, 1.54) is 11.3 Å². The lowest BCUT2D eigenvalue weighted by Crippen LogP contribution is -2.27. The van der Waals surface area contributed by atoms with Crippen LogP contribution in [0.25, 0.3) is 0 Å². The van der Waals surface area contributed by atoms with E-state index in [1.807, 2.05) is 11.3 Å². The van der Waals surface area contributed by atoms with Gasteiger partial charge >= 0.3 is 0 Å². The first-order valence-electron chi connectivity index (χ1n) is 4.94. The van der Waals surface area contributed by atoms with Crippen molar-refractivity contribution in [1.29, 1.82) is 0 Å². The molecule has 1 unspecified atom stereocenters. The van der Waals surface area contributed by atoms with E-state index in [0.717, 1.165) is 19.6 Å². The van der Waals surface area contributed by atoms with Gasteiger partial charge < -0.3 is 0 Å². The summed E-state index contributed by atoms with van der Waals surface area (Å²) in [7, 11) is 0. The van der Waals surface area contributed by atoms with Gasteiger partial charge in [-0.1, -0.05) is 18.9 Å². The monoisotopic (exact) mass is 205 g/mol. The molecule has 14 heavy (non-hydrogen) atoms. The Bertz CT molecular complexity index is 336. The molecule has 0 aliphatic carbocycles. The molecule has 0 N–H and O–H groups in total. The second kappa shape index (κ2) is 3.76. The molecule has 74 valence electrons. The molecular weight excluding hydrogens is 190 g/mol. The van der Waals surface area contributed by atoms with Gasteiger partial charge in [-0.3, -0.25) is 4.90 Å². The minimum Gasteiger partial charge on any atom is -0.291 e. The van der Waals surface area contributed by atoms with Gasteiger partial charge in [0.05, 0.1) is 6.54 Å². The van der Waals surface area contributed by atoms with Crippen molar-refractivity contribution < 1.29 is 0 Å². The maximum Gasteiger partial charge on any atom is 0.0599 e. The molecule has 1 aromatic rings. The van der Waals surface area contributed by atoms with Crippen LogP contribution in [-0.4, -0.2) is 24.5 Å². The average molecular weight is 205 g/mol. The molecule has 2 heteroatoms. The molecular formula is C12H15NS. The van der Waals surface area contributed by atoms with E-state index in [1.54, 1.807) is 0 Å². The van der Waals surface area contributed by atoms with Gasteiger partial charge in [-0.2, -0.15) is 0 Å². The van der Waals surface area contributed by atoms with Crippen molar-refractivity contribution in [2.24, 2.45) is 0 Å². The third kappa shape index (κ3) is 1.70. The van der Waals surface area contributed by atoms with Gasteiger partial charge in [0.25, 0.3) is 0 Å². The highest BCUT2D eigenvalue weighted by atomic mass is 32.1. The van der Waals surface area contributed by atoms with E-state index in [-0.39, 0.29) is 0 Å². The van der Waals surface area contributed by atoms with Crippen LogP contribution < -0.4 is 0 Å². The van der Waals surface area contributed by atoms with Crippen molar-refractivity contribution >= 4 is 11.3 Å². The Balaban J connectivity index is 2.10. The first kappa shape index (κ1) is 9.76. The van der Waals surface area contributed by atoms with Crippen molar-refractivity contribution in [3.63, 3.8) is 0 Å². The summed E-state index contributed by atoms with van der Waals surface area (Å²) in [5.74, 6) is 2.72. The molecule has 2 rings (SSSR count). The second-order valence-electron chi connectivity index (χ2n) is 4.20. The lowest BCUT2D eigenvalue weighted by Gasteiger charge is -2.22. The number of rotatable bonds is 2. The summed E-state index contributed by atoms with van der Waals surface area (Å²) in [5.41, 5.74) is 0.338. The highest BCUT2D eigenvalue weighted by molar-refractivity contribution is 7.10. The number of terminal acetylenes is 1. The van der Waals surface area contributed by atoms with E-state index in [0.29, 0.717) is 5.41 Å². The smallest absolute Gasteiger partial charge is 0.0599 e. The quantitative estimate of drug-likeness (QED) is 0.670. The number of nitrogens with zero attached hydrogens (tertiary/aromatic N) is 1. The minimum absolute atomic E-state index is 0.338. The largest absolute Gasteiger partial charge is 0.291 e. The van der Waals surface area contributed by atoms with Crippen LogP contribution in [0, 0.1) is 12.3 Å². The van der Waals surface area contributed by atoms with Gasteiger partial charge in [0.15, 0.2) is 0 Å². The Labute approximate surface area is 89.7 Å². The van der Waals surface area contributed by atoms with Crippen LogP contribution in [0.1, 0.15) is 18.2 Å². The van der Waals surface area contributed by atoms with Crippen molar-refractivity contribution in [1.82, 2.24) is 4.90 Å². The fraction of sp³-hybridized carbons (Fsp3) is 0.500. The second-order valence-corrected chi connectivity index (χ2v) is 5.15. The molecule has 2 heterocycles. The normalized spacial score (nSPS) is 27.7. The molecule has 1 aliphatic rings. The molecule has 1 aliphatic heterocycles. The maximum absolute atomic E-state index is 5.33. The van der Waals surface area contributed by atoms with Crippen LogP contribution in [0.3, 0.4) is 0 Å². The molecule has 0 amide bonds. The average Bonchev–Trinajstić information content (AvgIpc) is 2.75. The van der Waals surface area contributed by atoms with E-state index in [4.69, 9.17) is 6.42 Å². The maximum atomic E-state index is 5.33. The van der Waals surface area contributed by atoms with Crippen LogP contribution in [-0.2, 0) is 5.41 Å². The molecule has 0 bridgehead atoms. The summed E-state index contributed by atoms with van der Waals surface area (Å²) in [6, 6.07) is 4.37. The minimum atomic E-state index is 0.338. The summed E-state index contributed by atoms with van der Waals surface area (Å²) in [6.07, 6.45) is 6.56. The first-order valence-corrected chi connectivity index (χ1v) is 5.82. The van der Waals surface area contributed by atoms with Gasteiger partial charge in [-0.25, -0.2) is 0 Å². The Kier molecular flexibility index (Phi) is 2.62. The SMILES string of the molecule is C#CCN1CCC(C)(c2cccs2)C1. The van der Waals surface area contributed by atoms with Crippen molar-refractivity contribution in [3.8, 4) is 12.3 Å². The fourth-order valence-corrected chi connectivity index (χ4v) is 3.06. The molecule has 0 saturated carbocycles. The van der Waals surface area contributed by atoms with Gasteiger partial charge in [-0.15, -0.1) is 17.8 Å². The standard InChI is InChI=1S/C12H15NS/c1-3-7-13-8-6-12(2,10-13)11-5-4-9-14-11/h1,4-5,9H,6-8,10H2,2H3. The van der Waals surface area contributed by atoms with Crippen LogP contribution in [0.5, 0.6) is 0 Å². The molecule has 0 radical (unpaired) electrons. The summed E-state index contributed by atoms with van der Waals surface area (Å²) in [4.78, 5) is 3.86. The van der Waals surface area contributed by atoms with Crippen LogP contribution in [0.15, 0.2) is 17.5 Å². The van der Waals surface area contributed by atoms with E-state index in [2.05, 4.69) is 35.3 Å². The molecule has 0 spiro atoms. The van der Waals surface area contributed by atoms with Crippen LogP contribution in [0.2, 0.25) is 0 Å². The number of likely N-dealkylation sites (tertiary alicyclic amines) is 1. The molecule has 1 nitrogen and oxygen atoms in total. The lowest BCUT2D eigenvalue weighted by atomic mass is 9.88. The van der Waals surface area contributed by atoms with Gasteiger partial charge in [-0.05, 0) is 17.9 Å². The Morgan fingerprint density at radius 3 is 3.21 bits per heavy atom. The molecule has 0 aromatic carbocycles. The number of hydrogen-bond acceptors (Lipinski definition) is 2. The third-order valence-corrected chi connectivity index (χ3v) is 4.16. The highest BCUT2D eigenvalue weighted by Gasteiger charge is 2.35. The van der Waals surface area contributed by atoms with Gasteiger partial charge in [0.1, 0.15) is 0 Å². The van der Waals surface area contributed by atoms with Gasteiger partial charge in [0.2, 0.25) is 0 Å². The molecule has 1 aromatic heterocycles. The molecule has 1 fully saturated rings. The van der Waals surface area contributed by atoms with Crippen LogP contribution >= 0.6 is 11.3 Å². The van der Waals surface area contributed by atoms with Crippen LogP contribution in [0.4, 0.5) is 0 Å². The molecule has 1 atom stereocenters. The lowest BCUT2D eigenvalue weighted by molar-refractivity contribution is 0.355. The first-order chi connectivity index (χ1) is 6.74. The third-order valence-electron chi connectivity index (χ3n) is 2.98. The zero-order chi connectivity index (χ0) is 10.0. The molecule has 1 saturated heterocycles. The fourth-order valence-electron chi connectivity index (χ4n) is 2.14. The van der Waals surface area contributed by atoms with Crippen molar-refractivity contribution in [3.05, 3.63) is 22.4 Å². The zero-order valence-corrected chi connectivity index (χ0v) is 9.31. The summed E-state index contributed by atoms with van der Waals surface area (Å²) in [6.45, 7) is 5.38.